The summed E-state index contributed by atoms with van der Waals surface area (Å²) in [5, 5.41) is 1.41. The predicted octanol–water partition coefficient (Wildman–Crippen LogP) is 3.64. The van der Waals surface area contributed by atoms with Gasteiger partial charge in [-0.15, -0.1) is 11.3 Å². The van der Waals surface area contributed by atoms with E-state index < -0.39 is 0 Å². The van der Waals surface area contributed by atoms with Crippen LogP contribution in [-0.4, -0.2) is 17.6 Å². The van der Waals surface area contributed by atoms with Gasteiger partial charge in [-0.1, -0.05) is 23.7 Å². The fourth-order valence-corrected chi connectivity index (χ4v) is 2.32. The van der Waals surface area contributed by atoms with Gasteiger partial charge in [-0.3, -0.25) is 0 Å². The molecule has 17 heavy (non-hydrogen) atoms. The van der Waals surface area contributed by atoms with E-state index in [0.717, 1.165) is 10.6 Å². The summed E-state index contributed by atoms with van der Waals surface area (Å²) < 4.78 is 4.91. The SMILES string of the molecule is CCOC(=O)c1cnc(-c2cccc(Cl)c2)s1. The number of carbonyl (C=O) groups is 1. The zero-order valence-electron chi connectivity index (χ0n) is 9.14. The molecule has 2 aromatic rings. The highest BCUT2D eigenvalue weighted by Gasteiger charge is 2.12. The van der Waals surface area contributed by atoms with E-state index in [4.69, 9.17) is 16.3 Å². The Morgan fingerprint density at radius 1 is 1.53 bits per heavy atom. The Bertz CT molecular complexity index is 539. The van der Waals surface area contributed by atoms with Crippen molar-refractivity contribution < 1.29 is 9.53 Å². The minimum atomic E-state index is -0.335. The lowest BCUT2D eigenvalue weighted by atomic mass is 10.2. The number of thiazole rings is 1. The van der Waals surface area contributed by atoms with Crippen LogP contribution in [0.1, 0.15) is 16.6 Å². The van der Waals surface area contributed by atoms with Crippen LogP contribution in [0.4, 0.5) is 0 Å². The Morgan fingerprint density at radius 2 is 2.35 bits per heavy atom. The highest BCUT2D eigenvalue weighted by Crippen LogP contribution is 2.27. The minimum Gasteiger partial charge on any atom is -0.462 e. The van der Waals surface area contributed by atoms with Crippen LogP contribution in [0.2, 0.25) is 5.02 Å². The highest BCUT2D eigenvalue weighted by atomic mass is 35.5. The first-order chi connectivity index (χ1) is 8.20. The van der Waals surface area contributed by atoms with Crippen LogP contribution in [0.25, 0.3) is 10.6 Å². The molecule has 0 radical (unpaired) electrons. The molecule has 0 aliphatic carbocycles. The summed E-state index contributed by atoms with van der Waals surface area (Å²) >= 11 is 7.20. The van der Waals surface area contributed by atoms with E-state index in [2.05, 4.69) is 4.98 Å². The molecule has 0 saturated heterocycles. The zero-order valence-corrected chi connectivity index (χ0v) is 10.7. The third kappa shape index (κ3) is 2.84. The first-order valence-corrected chi connectivity index (χ1v) is 6.29. The maximum absolute atomic E-state index is 11.5. The number of carbonyl (C=O) groups excluding carboxylic acids is 1. The number of rotatable bonds is 3. The molecule has 2 rings (SSSR count). The van der Waals surface area contributed by atoms with Crippen molar-refractivity contribution >= 4 is 28.9 Å². The first-order valence-electron chi connectivity index (χ1n) is 5.09. The van der Waals surface area contributed by atoms with Crippen LogP contribution in [0.5, 0.6) is 0 Å². The Labute approximate surface area is 108 Å². The summed E-state index contributed by atoms with van der Waals surface area (Å²) in [6.45, 7) is 2.14. The van der Waals surface area contributed by atoms with Crippen molar-refractivity contribution in [2.45, 2.75) is 6.92 Å². The molecule has 0 unspecified atom stereocenters. The Hall–Kier alpha value is -1.39. The highest BCUT2D eigenvalue weighted by molar-refractivity contribution is 7.16. The smallest absolute Gasteiger partial charge is 0.349 e. The lowest BCUT2D eigenvalue weighted by Gasteiger charge is -1.97. The summed E-state index contributed by atoms with van der Waals surface area (Å²) in [4.78, 5) is 16.2. The number of hydrogen-bond donors (Lipinski definition) is 0. The van der Waals surface area contributed by atoms with Crippen LogP contribution in [0, 0.1) is 0 Å². The standard InChI is InChI=1S/C12H10ClNO2S/c1-2-16-12(15)10-7-14-11(17-10)8-4-3-5-9(13)6-8/h3-7H,2H2,1H3. The van der Waals surface area contributed by atoms with Gasteiger partial charge in [0.25, 0.3) is 0 Å². The lowest BCUT2D eigenvalue weighted by molar-refractivity contribution is 0.0532. The Kier molecular flexibility index (Phi) is 3.76. The average Bonchev–Trinajstić information content (AvgIpc) is 2.78. The van der Waals surface area contributed by atoms with Gasteiger partial charge in [0, 0.05) is 10.6 Å². The molecule has 0 atom stereocenters. The molecular formula is C12H10ClNO2S. The molecule has 88 valence electrons. The van der Waals surface area contributed by atoms with Crippen molar-refractivity contribution in [1.29, 1.82) is 0 Å². The third-order valence-electron chi connectivity index (χ3n) is 2.05. The number of aromatic nitrogens is 1. The van der Waals surface area contributed by atoms with E-state index >= 15 is 0 Å². The molecule has 1 heterocycles. The topological polar surface area (TPSA) is 39.2 Å². The monoisotopic (exact) mass is 267 g/mol. The van der Waals surface area contributed by atoms with Crippen LogP contribution in [0.15, 0.2) is 30.5 Å². The predicted molar refractivity (Wildman–Crippen MR) is 68.5 cm³/mol. The van der Waals surface area contributed by atoms with Crippen molar-refractivity contribution in [1.82, 2.24) is 4.98 Å². The Morgan fingerprint density at radius 3 is 3.06 bits per heavy atom. The maximum Gasteiger partial charge on any atom is 0.349 e. The van der Waals surface area contributed by atoms with Gasteiger partial charge in [0.15, 0.2) is 0 Å². The van der Waals surface area contributed by atoms with E-state index in [9.17, 15) is 4.79 Å². The van der Waals surface area contributed by atoms with Gasteiger partial charge < -0.3 is 4.74 Å². The van der Waals surface area contributed by atoms with Crippen LogP contribution >= 0.6 is 22.9 Å². The second kappa shape index (κ2) is 5.29. The summed E-state index contributed by atoms with van der Waals surface area (Å²) in [6, 6.07) is 7.36. The second-order valence-electron chi connectivity index (χ2n) is 3.26. The van der Waals surface area contributed by atoms with Gasteiger partial charge in [0.05, 0.1) is 12.8 Å². The molecule has 0 saturated carbocycles. The molecule has 1 aromatic heterocycles. The van der Waals surface area contributed by atoms with E-state index in [1.54, 1.807) is 13.0 Å². The molecule has 0 bridgehead atoms. The van der Waals surface area contributed by atoms with E-state index in [1.165, 1.54) is 17.5 Å². The van der Waals surface area contributed by atoms with Gasteiger partial charge in [-0.05, 0) is 19.1 Å². The summed E-state index contributed by atoms with van der Waals surface area (Å²) in [5.74, 6) is -0.335. The van der Waals surface area contributed by atoms with Crippen molar-refractivity contribution in [2.24, 2.45) is 0 Å². The minimum absolute atomic E-state index is 0.335. The number of ether oxygens (including phenoxy) is 1. The summed E-state index contributed by atoms with van der Waals surface area (Å²) in [6.07, 6.45) is 1.53. The van der Waals surface area contributed by atoms with Crippen LogP contribution in [-0.2, 0) is 4.74 Å². The van der Waals surface area contributed by atoms with Crippen molar-refractivity contribution in [2.75, 3.05) is 6.61 Å². The second-order valence-corrected chi connectivity index (χ2v) is 4.73. The number of esters is 1. The quantitative estimate of drug-likeness (QED) is 0.797. The first kappa shape index (κ1) is 12.1. The molecule has 0 spiro atoms. The molecule has 3 nitrogen and oxygen atoms in total. The van der Waals surface area contributed by atoms with Gasteiger partial charge in [-0.25, -0.2) is 9.78 Å². The van der Waals surface area contributed by atoms with Gasteiger partial charge >= 0.3 is 5.97 Å². The van der Waals surface area contributed by atoms with Gasteiger partial charge in [-0.2, -0.15) is 0 Å². The molecule has 0 N–H and O–H groups in total. The van der Waals surface area contributed by atoms with E-state index in [1.807, 2.05) is 18.2 Å². The van der Waals surface area contributed by atoms with Crippen LogP contribution in [0.3, 0.4) is 0 Å². The van der Waals surface area contributed by atoms with E-state index in [0.29, 0.717) is 16.5 Å². The zero-order chi connectivity index (χ0) is 12.3. The van der Waals surface area contributed by atoms with Crippen molar-refractivity contribution in [3.05, 3.63) is 40.4 Å². The lowest BCUT2D eigenvalue weighted by Crippen LogP contribution is -2.01. The number of benzene rings is 1. The molecule has 0 amide bonds. The fourth-order valence-electron chi connectivity index (χ4n) is 1.33. The van der Waals surface area contributed by atoms with Gasteiger partial charge in [0.2, 0.25) is 0 Å². The molecule has 1 aromatic carbocycles. The molecular weight excluding hydrogens is 258 g/mol. The van der Waals surface area contributed by atoms with Crippen LogP contribution < -0.4 is 0 Å². The molecule has 5 heteroatoms. The third-order valence-corrected chi connectivity index (χ3v) is 3.32. The summed E-state index contributed by atoms with van der Waals surface area (Å²) in [5.41, 5.74) is 0.901. The van der Waals surface area contributed by atoms with Gasteiger partial charge in [0.1, 0.15) is 9.88 Å². The number of halogens is 1. The largest absolute Gasteiger partial charge is 0.462 e. The number of nitrogens with zero attached hydrogens (tertiary/aromatic N) is 1. The van der Waals surface area contributed by atoms with Crippen molar-refractivity contribution in [3.63, 3.8) is 0 Å². The Balaban J connectivity index is 2.27. The molecule has 0 aliphatic rings. The molecule has 0 fully saturated rings. The summed E-state index contributed by atoms with van der Waals surface area (Å²) in [7, 11) is 0. The average molecular weight is 268 g/mol. The van der Waals surface area contributed by atoms with Crippen molar-refractivity contribution in [3.8, 4) is 10.6 Å². The number of hydrogen-bond acceptors (Lipinski definition) is 4. The normalized spacial score (nSPS) is 10.2. The molecule has 0 aliphatic heterocycles. The van der Waals surface area contributed by atoms with E-state index in [-0.39, 0.29) is 5.97 Å². The fraction of sp³-hybridized carbons (Fsp3) is 0.167. The maximum atomic E-state index is 11.5.